The highest BCUT2D eigenvalue weighted by atomic mass is 16.6. The number of carbonyl (C=O) groups excluding carboxylic acids is 4. The minimum atomic E-state index is -1.39. The summed E-state index contributed by atoms with van der Waals surface area (Å²) in [5.74, 6) is -3.46. The van der Waals surface area contributed by atoms with E-state index in [1.165, 1.54) is 30.0 Å². The molecule has 1 heterocycles. The molecule has 0 saturated carbocycles. The highest BCUT2D eigenvalue weighted by Gasteiger charge is 2.40. The second-order valence-corrected chi connectivity index (χ2v) is 8.96. The topological polar surface area (TPSA) is 188 Å². The molecule has 0 bridgehead atoms. The molecule has 40 heavy (non-hydrogen) atoms. The molecule has 2 aromatic carbocycles. The first-order chi connectivity index (χ1) is 19.1. The van der Waals surface area contributed by atoms with Gasteiger partial charge in [0.1, 0.15) is 37.5 Å². The summed E-state index contributed by atoms with van der Waals surface area (Å²) in [7, 11) is 0. The molecule has 2 aromatic rings. The van der Waals surface area contributed by atoms with Gasteiger partial charge < -0.3 is 25.4 Å². The Labute approximate surface area is 229 Å². The summed E-state index contributed by atoms with van der Waals surface area (Å²) in [4.78, 5) is 75.1. The van der Waals surface area contributed by atoms with Crippen molar-refractivity contribution in [2.75, 3.05) is 24.5 Å². The van der Waals surface area contributed by atoms with Crippen molar-refractivity contribution in [3.63, 3.8) is 0 Å². The highest BCUT2D eigenvalue weighted by Crippen LogP contribution is 2.30. The summed E-state index contributed by atoms with van der Waals surface area (Å²) in [5, 5.41) is 25.6. The number of likely N-dealkylation sites (tertiary alicyclic amines) is 1. The maximum absolute atomic E-state index is 13.5. The van der Waals surface area contributed by atoms with Gasteiger partial charge in [0.2, 0.25) is 11.8 Å². The summed E-state index contributed by atoms with van der Waals surface area (Å²) in [6.07, 6.45) is -0.191. The van der Waals surface area contributed by atoms with Gasteiger partial charge in [0.05, 0.1) is 4.92 Å². The Morgan fingerprint density at radius 2 is 1.80 bits per heavy atom. The molecule has 0 spiro atoms. The number of nitrogens with zero attached hydrogens (tertiary/aromatic N) is 3. The number of carbonyl (C=O) groups is 5. The second-order valence-electron chi connectivity index (χ2n) is 8.96. The number of hydrogen-bond donors (Lipinski definition) is 3. The third kappa shape index (κ3) is 7.75. The Morgan fingerprint density at radius 1 is 1.12 bits per heavy atom. The Kier molecular flexibility index (Phi) is 10.1. The van der Waals surface area contributed by atoms with Crippen LogP contribution in [0.4, 0.5) is 16.2 Å². The number of amides is 4. The van der Waals surface area contributed by atoms with E-state index in [0.717, 1.165) is 16.5 Å². The molecule has 0 aliphatic carbocycles. The van der Waals surface area contributed by atoms with Gasteiger partial charge >= 0.3 is 12.1 Å². The standard InChI is InChI=1S/C26H29N5O9/c1-17(28-22(32)14-27-26(37)40-16-18-8-3-2-4-9-18)24(35)29-13-7-12-21(29)25(36)30(15-23(33)34)19-10-5-6-11-20(19)31(38)39/h2-6,8-11,17,21H,7,12-16H2,1H3,(H,27,37)(H,28,32)(H,33,34)/t17-,21-/m0/s1. The van der Waals surface area contributed by atoms with Crippen molar-refractivity contribution < 1.29 is 38.7 Å². The molecule has 212 valence electrons. The van der Waals surface area contributed by atoms with Crippen molar-refractivity contribution >= 4 is 41.2 Å². The van der Waals surface area contributed by atoms with Gasteiger partial charge in [-0.3, -0.25) is 34.2 Å². The molecule has 1 aliphatic rings. The third-order valence-corrected chi connectivity index (χ3v) is 6.10. The van der Waals surface area contributed by atoms with E-state index in [1.807, 2.05) is 6.07 Å². The number of nitro groups is 1. The summed E-state index contributed by atoms with van der Waals surface area (Å²) in [5.41, 5.74) is 0.106. The molecule has 1 fully saturated rings. The van der Waals surface area contributed by atoms with Crippen LogP contribution < -0.4 is 15.5 Å². The Bertz CT molecular complexity index is 1270. The summed E-state index contributed by atoms with van der Waals surface area (Å²) in [6.45, 7) is 0.277. The van der Waals surface area contributed by atoms with E-state index in [-0.39, 0.29) is 25.3 Å². The van der Waals surface area contributed by atoms with Crippen molar-refractivity contribution in [2.45, 2.75) is 38.5 Å². The van der Waals surface area contributed by atoms with Crippen LogP contribution in [0.5, 0.6) is 0 Å². The number of ether oxygens (including phenoxy) is 1. The smallest absolute Gasteiger partial charge is 0.407 e. The normalized spacial score (nSPS) is 15.0. The number of carboxylic acid groups (broad SMARTS) is 1. The molecule has 3 rings (SSSR count). The van der Waals surface area contributed by atoms with Crippen LogP contribution in [0, 0.1) is 10.1 Å². The van der Waals surface area contributed by atoms with Gasteiger partial charge in [0, 0.05) is 12.6 Å². The van der Waals surface area contributed by atoms with E-state index in [1.54, 1.807) is 24.3 Å². The van der Waals surface area contributed by atoms with E-state index in [9.17, 15) is 39.2 Å². The summed E-state index contributed by atoms with van der Waals surface area (Å²) in [6, 6.07) is 12.0. The van der Waals surface area contributed by atoms with Crippen LogP contribution >= 0.6 is 0 Å². The molecule has 3 N–H and O–H groups in total. The number of nitro benzene ring substituents is 1. The molecule has 0 unspecified atom stereocenters. The van der Waals surface area contributed by atoms with Crippen LogP contribution in [-0.4, -0.2) is 76.4 Å². The van der Waals surface area contributed by atoms with Gasteiger partial charge in [0.25, 0.3) is 11.6 Å². The molecule has 4 amide bonds. The summed E-state index contributed by atoms with van der Waals surface area (Å²) >= 11 is 0. The van der Waals surface area contributed by atoms with Gasteiger partial charge in [-0.05, 0) is 31.4 Å². The maximum Gasteiger partial charge on any atom is 0.407 e. The number of alkyl carbamates (subject to hydrolysis) is 1. The zero-order valence-corrected chi connectivity index (χ0v) is 21.6. The lowest BCUT2D eigenvalue weighted by molar-refractivity contribution is -0.384. The highest BCUT2D eigenvalue weighted by molar-refractivity contribution is 6.04. The lowest BCUT2D eigenvalue weighted by Crippen LogP contribution is -2.54. The van der Waals surface area contributed by atoms with Crippen LogP contribution in [0.1, 0.15) is 25.3 Å². The molecule has 2 atom stereocenters. The molecule has 1 aliphatic heterocycles. The lowest BCUT2D eigenvalue weighted by atomic mass is 10.1. The van der Waals surface area contributed by atoms with Crippen molar-refractivity contribution in [1.29, 1.82) is 0 Å². The minimum absolute atomic E-state index is 0.0125. The fourth-order valence-corrected chi connectivity index (χ4v) is 4.26. The average Bonchev–Trinajstić information content (AvgIpc) is 3.43. The van der Waals surface area contributed by atoms with Gasteiger partial charge in [-0.15, -0.1) is 0 Å². The Hall–Kier alpha value is -5.01. The van der Waals surface area contributed by atoms with Gasteiger partial charge in [-0.1, -0.05) is 42.5 Å². The van der Waals surface area contributed by atoms with E-state index in [4.69, 9.17) is 4.74 Å². The van der Waals surface area contributed by atoms with Crippen LogP contribution in [0.3, 0.4) is 0 Å². The first-order valence-electron chi connectivity index (χ1n) is 12.4. The van der Waals surface area contributed by atoms with Crippen LogP contribution in [0.15, 0.2) is 54.6 Å². The summed E-state index contributed by atoms with van der Waals surface area (Å²) < 4.78 is 5.03. The van der Waals surface area contributed by atoms with Gasteiger partial charge in [-0.2, -0.15) is 0 Å². The quantitative estimate of drug-likeness (QED) is 0.272. The molecule has 1 saturated heterocycles. The van der Waals surface area contributed by atoms with Crippen molar-refractivity contribution in [2.24, 2.45) is 0 Å². The molecular weight excluding hydrogens is 526 g/mol. The minimum Gasteiger partial charge on any atom is -0.480 e. The van der Waals surface area contributed by atoms with E-state index in [2.05, 4.69) is 10.6 Å². The number of rotatable bonds is 11. The zero-order valence-electron chi connectivity index (χ0n) is 21.6. The Balaban J connectivity index is 1.61. The number of aliphatic carboxylic acids is 1. The molecule has 0 radical (unpaired) electrons. The molecule has 0 aromatic heterocycles. The van der Waals surface area contributed by atoms with Gasteiger partial charge in [-0.25, -0.2) is 4.79 Å². The van der Waals surface area contributed by atoms with Crippen LogP contribution in [0.25, 0.3) is 0 Å². The molecular formula is C26H29N5O9. The SMILES string of the molecule is C[C@H](NC(=O)CNC(=O)OCc1ccccc1)C(=O)N1CCC[C@H]1C(=O)N(CC(=O)O)c1ccccc1[N+](=O)[O-]. The number of carboxylic acids is 1. The first kappa shape index (κ1) is 29.5. The van der Waals surface area contributed by atoms with E-state index >= 15 is 0 Å². The fraction of sp³-hybridized carbons (Fsp3) is 0.346. The second kappa shape index (κ2) is 13.7. The monoisotopic (exact) mass is 555 g/mol. The largest absolute Gasteiger partial charge is 0.480 e. The zero-order chi connectivity index (χ0) is 29.2. The number of nitrogens with one attached hydrogen (secondary N) is 2. The molecule has 14 nitrogen and oxygen atoms in total. The number of para-hydroxylation sites is 2. The third-order valence-electron chi connectivity index (χ3n) is 6.10. The van der Waals surface area contributed by atoms with Crippen molar-refractivity contribution in [1.82, 2.24) is 15.5 Å². The molecule has 14 heteroatoms. The van der Waals surface area contributed by atoms with Crippen molar-refractivity contribution in [3.05, 3.63) is 70.3 Å². The fourth-order valence-electron chi connectivity index (χ4n) is 4.26. The van der Waals surface area contributed by atoms with Crippen LogP contribution in [-0.2, 0) is 30.5 Å². The van der Waals surface area contributed by atoms with Gasteiger partial charge in [0.15, 0.2) is 0 Å². The first-order valence-corrected chi connectivity index (χ1v) is 12.4. The predicted octanol–water partition coefficient (Wildman–Crippen LogP) is 1.43. The number of anilines is 1. The number of benzene rings is 2. The van der Waals surface area contributed by atoms with E-state index in [0.29, 0.717) is 6.42 Å². The number of hydrogen-bond acceptors (Lipinski definition) is 8. The maximum atomic E-state index is 13.5. The Morgan fingerprint density at radius 3 is 2.48 bits per heavy atom. The van der Waals surface area contributed by atoms with Crippen molar-refractivity contribution in [3.8, 4) is 0 Å². The predicted molar refractivity (Wildman–Crippen MR) is 140 cm³/mol. The van der Waals surface area contributed by atoms with Crippen LogP contribution in [0.2, 0.25) is 0 Å². The lowest BCUT2D eigenvalue weighted by Gasteiger charge is -2.31. The van der Waals surface area contributed by atoms with E-state index < -0.39 is 65.6 Å². The average molecular weight is 556 g/mol.